The summed E-state index contributed by atoms with van der Waals surface area (Å²) in [7, 11) is 0. The molecule has 0 heterocycles. The van der Waals surface area contributed by atoms with Crippen molar-refractivity contribution in [2.45, 2.75) is 36.5 Å². The summed E-state index contributed by atoms with van der Waals surface area (Å²) in [6.07, 6.45) is 0.777. The van der Waals surface area contributed by atoms with Crippen LogP contribution in [0.25, 0.3) is 0 Å². The second kappa shape index (κ2) is 7.47. The van der Waals surface area contributed by atoms with Crippen molar-refractivity contribution >= 4 is 17.4 Å². The van der Waals surface area contributed by atoms with Crippen molar-refractivity contribution in [1.82, 2.24) is 0 Å². The zero-order valence-electron chi connectivity index (χ0n) is 11.2. The predicted octanol–water partition coefficient (Wildman–Crippen LogP) is 2.42. The monoisotopic (exact) mass is 284 g/mol. The molecule has 106 valence electrons. The zero-order valence-corrected chi connectivity index (χ0v) is 12.0. The molecule has 0 saturated heterocycles. The van der Waals surface area contributed by atoms with Gasteiger partial charge in [-0.15, -0.1) is 11.8 Å². The van der Waals surface area contributed by atoms with E-state index in [1.807, 2.05) is 0 Å². The number of para-hydroxylation sites is 1. The fourth-order valence-electron chi connectivity index (χ4n) is 1.83. The Morgan fingerprint density at radius 3 is 2.58 bits per heavy atom. The van der Waals surface area contributed by atoms with Crippen molar-refractivity contribution in [2.75, 3.05) is 6.61 Å². The molecule has 5 nitrogen and oxygen atoms in total. The van der Waals surface area contributed by atoms with Gasteiger partial charge in [-0.25, -0.2) is 0 Å². The number of thioether (sulfide) groups is 1. The molecule has 0 aliphatic rings. The third kappa shape index (κ3) is 4.81. The van der Waals surface area contributed by atoms with Gasteiger partial charge in [0.05, 0.1) is 16.4 Å². The van der Waals surface area contributed by atoms with Gasteiger partial charge in [-0.1, -0.05) is 26.0 Å². The van der Waals surface area contributed by atoms with Gasteiger partial charge in [-0.05, 0) is 18.4 Å². The van der Waals surface area contributed by atoms with Gasteiger partial charge in [0.25, 0.3) is 5.69 Å². The third-order valence-corrected chi connectivity index (χ3v) is 4.14. The Hall–Kier alpha value is -1.11. The molecule has 2 unspecified atom stereocenters. The number of hydrogen-bond donors (Lipinski definition) is 2. The van der Waals surface area contributed by atoms with Crippen molar-refractivity contribution in [2.24, 2.45) is 11.7 Å². The molecule has 0 aliphatic carbocycles. The van der Waals surface area contributed by atoms with Crippen LogP contribution in [0.4, 0.5) is 5.69 Å². The second-order valence-electron chi connectivity index (χ2n) is 4.86. The Morgan fingerprint density at radius 1 is 1.42 bits per heavy atom. The van der Waals surface area contributed by atoms with Crippen molar-refractivity contribution in [1.29, 1.82) is 0 Å². The first-order valence-electron chi connectivity index (χ1n) is 6.22. The molecular weight excluding hydrogens is 264 g/mol. The molecule has 1 rings (SSSR count). The molecular formula is C13H20N2O3S. The molecule has 0 radical (unpaired) electrons. The maximum absolute atomic E-state index is 10.9. The standard InChI is InChI=1S/C13H20N2O3S/c1-9(2)7-10(14)13(8-16)19-12-6-4-3-5-11(12)15(17)18/h3-6,9-10,13,16H,7-8,14H2,1-2H3. The number of nitrogens with two attached hydrogens (primary N) is 1. The van der Waals surface area contributed by atoms with Crippen LogP contribution in [0.2, 0.25) is 0 Å². The van der Waals surface area contributed by atoms with Crippen LogP contribution in [0.15, 0.2) is 29.2 Å². The van der Waals surface area contributed by atoms with Crippen molar-refractivity contribution in [3.05, 3.63) is 34.4 Å². The lowest BCUT2D eigenvalue weighted by Crippen LogP contribution is -2.36. The lowest BCUT2D eigenvalue weighted by molar-refractivity contribution is -0.387. The number of nitrogens with zero attached hydrogens (tertiary/aromatic N) is 1. The highest BCUT2D eigenvalue weighted by Gasteiger charge is 2.23. The van der Waals surface area contributed by atoms with Crippen LogP contribution in [0.5, 0.6) is 0 Å². The third-order valence-electron chi connectivity index (χ3n) is 2.74. The molecule has 0 aromatic heterocycles. The van der Waals surface area contributed by atoms with E-state index in [-0.39, 0.29) is 23.6 Å². The molecule has 1 aromatic carbocycles. The lowest BCUT2D eigenvalue weighted by atomic mass is 10.0. The highest BCUT2D eigenvalue weighted by atomic mass is 32.2. The molecule has 0 spiro atoms. The van der Waals surface area contributed by atoms with E-state index >= 15 is 0 Å². The molecule has 2 atom stereocenters. The minimum absolute atomic E-state index is 0.0581. The number of nitro benzene ring substituents is 1. The van der Waals surface area contributed by atoms with Gasteiger partial charge >= 0.3 is 0 Å². The van der Waals surface area contributed by atoms with E-state index in [1.54, 1.807) is 18.2 Å². The second-order valence-corrected chi connectivity index (χ2v) is 6.14. The van der Waals surface area contributed by atoms with Gasteiger partial charge in [-0.3, -0.25) is 10.1 Å². The first-order chi connectivity index (χ1) is 8.95. The first-order valence-corrected chi connectivity index (χ1v) is 7.10. The van der Waals surface area contributed by atoms with E-state index < -0.39 is 4.92 Å². The molecule has 19 heavy (non-hydrogen) atoms. The highest BCUT2D eigenvalue weighted by Crippen LogP contribution is 2.33. The Morgan fingerprint density at radius 2 is 2.05 bits per heavy atom. The summed E-state index contributed by atoms with van der Waals surface area (Å²) in [6, 6.07) is 6.34. The average Bonchev–Trinajstić information content (AvgIpc) is 2.35. The molecule has 0 aliphatic heterocycles. The van der Waals surface area contributed by atoms with Crippen molar-refractivity contribution < 1.29 is 10.0 Å². The predicted molar refractivity (Wildman–Crippen MR) is 77.3 cm³/mol. The molecule has 1 aromatic rings. The smallest absolute Gasteiger partial charge is 0.282 e. The summed E-state index contributed by atoms with van der Waals surface area (Å²) in [4.78, 5) is 11.1. The van der Waals surface area contributed by atoms with Crippen LogP contribution < -0.4 is 5.73 Å². The van der Waals surface area contributed by atoms with Gasteiger partial charge in [0.2, 0.25) is 0 Å². The zero-order chi connectivity index (χ0) is 14.4. The normalized spacial score (nSPS) is 14.4. The Balaban J connectivity index is 2.84. The molecule has 6 heteroatoms. The van der Waals surface area contributed by atoms with Crippen LogP contribution in [0, 0.1) is 16.0 Å². The van der Waals surface area contributed by atoms with Gasteiger partial charge in [0.15, 0.2) is 0 Å². The maximum atomic E-state index is 10.9. The molecule has 0 bridgehead atoms. The summed E-state index contributed by atoms with van der Waals surface area (Å²) in [5.74, 6) is 0.426. The summed E-state index contributed by atoms with van der Waals surface area (Å²) >= 11 is 1.28. The number of aliphatic hydroxyl groups is 1. The number of benzene rings is 1. The van der Waals surface area contributed by atoms with Crippen LogP contribution >= 0.6 is 11.8 Å². The van der Waals surface area contributed by atoms with E-state index in [2.05, 4.69) is 13.8 Å². The van der Waals surface area contributed by atoms with E-state index in [0.29, 0.717) is 10.8 Å². The summed E-state index contributed by atoms with van der Waals surface area (Å²) < 4.78 is 0. The SMILES string of the molecule is CC(C)CC(N)C(CO)Sc1ccccc1[N+](=O)[O-]. The number of rotatable bonds is 7. The van der Waals surface area contributed by atoms with Gasteiger partial charge in [-0.2, -0.15) is 0 Å². The van der Waals surface area contributed by atoms with Crippen LogP contribution in [0.3, 0.4) is 0 Å². The van der Waals surface area contributed by atoms with E-state index in [4.69, 9.17) is 5.73 Å². The quantitative estimate of drug-likeness (QED) is 0.456. The van der Waals surface area contributed by atoms with E-state index in [1.165, 1.54) is 17.8 Å². The van der Waals surface area contributed by atoms with Crippen molar-refractivity contribution in [3.8, 4) is 0 Å². The van der Waals surface area contributed by atoms with Gasteiger partial charge < -0.3 is 10.8 Å². The average molecular weight is 284 g/mol. The molecule has 3 N–H and O–H groups in total. The van der Waals surface area contributed by atoms with Crippen molar-refractivity contribution in [3.63, 3.8) is 0 Å². The summed E-state index contributed by atoms with van der Waals surface area (Å²) in [6.45, 7) is 4.03. The van der Waals surface area contributed by atoms with Crippen LogP contribution in [-0.4, -0.2) is 27.9 Å². The molecule has 0 amide bonds. The lowest BCUT2D eigenvalue weighted by Gasteiger charge is -2.22. The Bertz CT molecular complexity index is 426. The first kappa shape index (κ1) is 15.9. The van der Waals surface area contributed by atoms with E-state index in [9.17, 15) is 15.2 Å². The summed E-state index contributed by atoms with van der Waals surface area (Å²) in [5.41, 5.74) is 6.11. The maximum Gasteiger partial charge on any atom is 0.282 e. The number of hydrogen-bond acceptors (Lipinski definition) is 5. The van der Waals surface area contributed by atoms with Gasteiger partial charge in [0.1, 0.15) is 0 Å². The Kier molecular flexibility index (Phi) is 6.27. The van der Waals surface area contributed by atoms with Crippen LogP contribution in [-0.2, 0) is 0 Å². The largest absolute Gasteiger partial charge is 0.395 e. The topological polar surface area (TPSA) is 89.4 Å². The highest BCUT2D eigenvalue weighted by molar-refractivity contribution is 8.00. The van der Waals surface area contributed by atoms with E-state index in [0.717, 1.165) is 6.42 Å². The van der Waals surface area contributed by atoms with Crippen LogP contribution in [0.1, 0.15) is 20.3 Å². The number of nitro groups is 1. The summed E-state index contributed by atoms with van der Waals surface area (Å²) in [5, 5.41) is 20.1. The minimum Gasteiger partial charge on any atom is -0.395 e. The molecule has 0 saturated carbocycles. The fourth-order valence-corrected chi connectivity index (χ4v) is 2.93. The number of aliphatic hydroxyl groups excluding tert-OH is 1. The molecule has 0 fully saturated rings. The fraction of sp³-hybridized carbons (Fsp3) is 0.538. The minimum atomic E-state index is -0.412. The Labute approximate surface area is 117 Å². The van der Waals surface area contributed by atoms with Gasteiger partial charge in [0, 0.05) is 17.4 Å².